The maximum absolute atomic E-state index is 11.9. The molecule has 0 fully saturated rings. The highest BCUT2D eigenvalue weighted by Crippen LogP contribution is 2.05. The van der Waals surface area contributed by atoms with E-state index in [4.69, 9.17) is 9.63 Å². The molecule has 0 aliphatic heterocycles. The van der Waals surface area contributed by atoms with Crippen molar-refractivity contribution >= 4 is 12.0 Å². The highest BCUT2D eigenvalue weighted by molar-refractivity contribution is 5.75. The molecule has 100 valence electrons. The fourth-order valence-electron chi connectivity index (χ4n) is 1.62. The quantitative estimate of drug-likeness (QED) is 0.792. The van der Waals surface area contributed by atoms with E-state index in [1.807, 2.05) is 0 Å². The predicted molar refractivity (Wildman–Crippen MR) is 62.8 cm³/mol. The third-order valence-electron chi connectivity index (χ3n) is 2.51. The van der Waals surface area contributed by atoms with Gasteiger partial charge in [-0.2, -0.15) is 0 Å². The fourth-order valence-corrected chi connectivity index (χ4v) is 1.62. The summed E-state index contributed by atoms with van der Waals surface area (Å²) in [6.07, 6.45) is 1.41. The van der Waals surface area contributed by atoms with Crippen LogP contribution in [0.4, 0.5) is 4.79 Å². The van der Waals surface area contributed by atoms with Crippen LogP contribution in [0.1, 0.15) is 26.0 Å². The summed E-state index contributed by atoms with van der Waals surface area (Å²) in [5, 5.41) is 14.9. The number of carboxylic acids is 1. The van der Waals surface area contributed by atoms with Crippen molar-refractivity contribution in [3.05, 3.63) is 18.0 Å². The van der Waals surface area contributed by atoms with Crippen LogP contribution in [0, 0.1) is 0 Å². The molecular formula is C11H17N3O4. The highest BCUT2D eigenvalue weighted by atomic mass is 16.5. The predicted octanol–water partition coefficient (Wildman–Crippen LogP) is 1.07. The van der Waals surface area contributed by atoms with E-state index in [2.05, 4.69) is 10.5 Å². The number of rotatable bonds is 6. The smallest absolute Gasteiger partial charge is 0.318 e. The van der Waals surface area contributed by atoms with E-state index >= 15 is 0 Å². The molecule has 18 heavy (non-hydrogen) atoms. The van der Waals surface area contributed by atoms with Crippen LogP contribution in [-0.4, -0.2) is 39.8 Å². The lowest BCUT2D eigenvalue weighted by atomic mass is 10.2. The normalized spacial score (nSPS) is 11.9. The van der Waals surface area contributed by atoms with Gasteiger partial charge in [-0.1, -0.05) is 5.16 Å². The number of hydrogen-bond acceptors (Lipinski definition) is 4. The van der Waals surface area contributed by atoms with Gasteiger partial charge in [0.1, 0.15) is 0 Å². The molecule has 7 nitrogen and oxygen atoms in total. The number of carbonyl (C=O) groups excluding carboxylic acids is 1. The van der Waals surface area contributed by atoms with Crippen molar-refractivity contribution in [1.82, 2.24) is 15.4 Å². The maximum atomic E-state index is 11.9. The number of aromatic nitrogens is 1. The molecule has 1 rings (SSSR count). The van der Waals surface area contributed by atoms with E-state index in [1.54, 1.807) is 19.9 Å². The Labute approximate surface area is 105 Å². The van der Waals surface area contributed by atoms with Crippen LogP contribution in [0.15, 0.2) is 16.8 Å². The van der Waals surface area contributed by atoms with Gasteiger partial charge in [0.05, 0.1) is 19.2 Å². The van der Waals surface area contributed by atoms with Gasteiger partial charge in [-0.3, -0.25) is 4.79 Å². The summed E-state index contributed by atoms with van der Waals surface area (Å²) in [6.45, 7) is 4.17. The number of nitrogens with one attached hydrogen (secondary N) is 1. The lowest BCUT2D eigenvalue weighted by molar-refractivity contribution is -0.138. The van der Waals surface area contributed by atoms with Crippen LogP contribution in [0.2, 0.25) is 0 Å². The van der Waals surface area contributed by atoms with Crippen LogP contribution in [0.3, 0.4) is 0 Å². The van der Waals surface area contributed by atoms with Crippen molar-refractivity contribution in [3.8, 4) is 0 Å². The first-order valence-electron chi connectivity index (χ1n) is 5.70. The number of aliphatic carboxylic acids is 1. The standard InChI is InChI=1S/C11H17N3O4/c1-3-14(8(2)6-10(15)16)11(17)12-7-9-4-5-13-18-9/h4-5,8H,3,6-7H2,1-2H3,(H,12,17)(H,15,16). The third kappa shape index (κ3) is 4.08. The minimum atomic E-state index is -0.927. The number of hydrogen-bond donors (Lipinski definition) is 2. The largest absolute Gasteiger partial charge is 0.481 e. The molecule has 1 atom stereocenters. The minimum Gasteiger partial charge on any atom is -0.481 e. The summed E-state index contributed by atoms with van der Waals surface area (Å²) in [6, 6.07) is 0.974. The molecule has 7 heteroatoms. The fraction of sp³-hybridized carbons (Fsp3) is 0.545. The van der Waals surface area contributed by atoms with Gasteiger partial charge in [-0.15, -0.1) is 0 Å². The molecule has 2 N–H and O–H groups in total. The highest BCUT2D eigenvalue weighted by Gasteiger charge is 2.20. The lowest BCUT2D eigenvalue weighted by Crippen LogP contribution is -2.45. The molecule has 0 spiro atoms. The molecule has 0 aromatic carbocycles. The Morgan fingerprint density at radius 3 is 2.83 bits per heavy atom. The van der Waals surface area contributed by atoms with Crippen molar-refractivity contribution in [2.45, 2.75) is 32.9 Å². The molecule has 0 radical (unpaired) electrons. The van der Waals surface area contributed by atoms with Crippen LogP contribution >= 0.6 is 0 Å². The third-order valence-corrected chi connectivity index (χ3v) is 2.51. The van der Waals surface area contributed by atoms with Gasteiger partial charge in [-0.25, -0.2) is 4.79 Å². The lowest BCUT2D eigenvalue weighted by Gasteiger charge is -2.26. The van der Waals surface area contributed by atoms with Crippen LogP contribution in [0.25, 0.3) is 0 Å². The minimum absolute atomic E-state index is 0.0798. The topological polar surface area (TPSA) is 95.7 Å². The van der Waals surface area contributed by atoms with E-state index in [-0.39, 0.29) is 25.0 Å². The Hall–Kier alpha value is -2.05. The Balaban J connectivity index is 2.48. The average molecular weight is 255 g/mol. The Bertz CT molecular complexity index is 391. The number of amides is 2. The molecule has 1 unspecified atom stereocenters. The molecule has 0 saturated heterocycles. The summed E-state index contributed by atoms with van der Waals surface area (Å²) >= 11 is 0. The first kappa shape index (κ1) is 14.0. The summed E-state index contributed by atoms with van der Waals surface area (Å²) in [5.41, 5.74) is 0. The molecule has 0 aliphatic carbocycles. The molecule has 2 amide bonds. The molecular weight excluding hydrogens is 238 g/mol. The monoisotopic (exact) mass is 255 g/mol. The Morgan fingerprint density at radius 1 is 1.61 bits per heavy atom. The van der Waals surface area contributed by atoms with Crippen LogP contribution in [0.5, 0.6) is 0 Å². The first-order valence-corrected chi connectivity index (χ1v) is 5.70. The van der Waals surface area contributed by atoms with Crippen molar-refractivity contribution in [3.63, 3.8) is 0 Å². The van der Waals surface area contributed by atoms with E-state index in [0.717, 1.165) is 0 Å². The van der Waals surface area contributed by atoms with Crippen molar-refractivity contribution in [1.29, 1.82) is 0 Å². The van der Waals surface area contributed by atoms with Gasteiger partial charge in [0, 0.05) is 18.7 Å². The second-order valence-electron chi connectivity index (χ2n) is 3.87. The summed E-state index contributed by atoms with van der Waals surface area (Å²) in [7, 11) is 0. The maximum Gasteiger partial charge on any atom is 0.318 e. The number of carboxylic acid groups (broad SMARTS) is 1. The van der Waals surface area contributed by atoms with Crippen molar-refractivity contribution in [2.24, 2.45) is 0 Å². The molecule has 0 aliphatic rings. The molecule has 0 saturated carbocycles. The zero-order valence-electron chi connectivity index (χ0n) is 10.4. The number of carbonyl (C=O) groups is 2. The summed E-state index contributed by atoms with van der Waals surface area (Å²) in [4.78, 5) is 23.9. The molecule has 1 aromatic rings. The van der Waals surface area contributed by atoms with E-state index < -0.39 is 5.97 Å². The van der Waals surface area contributed by atoms with E-state index in [9.17, 15) is 9.59 Å². The van der Waals surface area contributed by atoms with Gasteiger partial charge in [-0.05, 0) is 13.8 Å². The Kier molecular flexibility index (Phi) is 5.16. The first-order chi connectivity index (χ1) is 8.54. The van der Waals surface area contributed by atoms with Crippen molar-refractivity contribution in [2.75, 3.05) is 6.54 Å². The zero-order chi connectivity index (χ0) is 13.5. The SMILES string of the molecule is CCN(C(=O)NCc1ccno1)C(C)CC(=O)O. The van der Waals surface area contributed by atoms with Gasteiger partial charge in [0.2, 0.25) is 0 Å². The zero-order valence-corrected chi connectivity index (χ0v) is 10.4. The summed E-state index contributed by atoms with van der Waals surface area (Å²) < 4.78 is 4.84. The molecule has 1 aromatic heterocycles. The number of nitrogens with zero attached hydrogens (tertiary/aromatic N) is 2. The van der Waals surface area contributed by atoms with Gasteiger partial charge in [0.15, 0.2) is 5.76 Å². The molecule has 1 heterocycles. The van der Waals surface area contributed by atoms with Gasteiger partial charge < -0.3 is 19.8 Å². The second kappa shape index (κ2) is 6.63. The Morgan fingerprint density at radius 2 is 2.33 bits per heavy atom. The summed E-state index contributed by atoms with van der Waals surface area (Å²) in [5.74, 6) is -0.380. The van der Waals surface area contributed by atoms with Crippen molar-refractivity contribution < 1.29 is 19.2 Å². The average Bonchev–Trinajstić information content (AvgIpc) is 2.79. The van der Waals surface area contributed by atoms with E-state index in [1.165, 1.54) is 11.1 Å². The number of urea groups is 1. The van der Waals surface area contributed by atoms with E-state index in [0.29, 0.717) is 12.3 Å². The van der Waals surface area contributed by atoms with Gasteiger partial charge >= 0.3 is 12.0 Å². The van der Waals surface area contributed by atoms with Crippen LogP contribution < -0.4 is 5.32 Å². The van der Waals surface area contributed by atoms with Crippen LogP contribution in [-0.2, 0) is 11.3 Å². The second-order valence-corrected chi connectivity index (χ2v) is 3.87. The van der Waals surface area contributed by atoms with Gasteiger partial charge in [0.25, 0.3) is 0 Å². The molecule has 0 bridgehead atoms.